The van der Waals surface area contributed by atoms with E-state index in [0.717, 1.165) is 22.5 Å². The van der Waals surface area contributed by atoms with Crippen molar-refractivity contribution in [2.24, 2.45) is 5.92 Å². The standard InChI is InChI=1S/C32H41N5O2/c1-21(2)18-27-30(38)37(20-25-11-9-10-22(3)19-25)32(31(39)33-27)14-16-36(17-15-32)29(26-12-7-6-8-13-26)28-23(4)34-35-24(28)5/h6-13,19,21,27,29H,14-18,20H2,1-5H3,(H,33,39)(H,34,35). The number of likely N-dealkylation sites (tertiary alicyclic amines) is 1. The van der Waals surface area contributed by atoms with Gasteiger partial charge in [-0.2, -0.15) is 5.10 Å². The molecule has 2 N–H and O–H groups in total. The molecule has 2 amide bonds. The van der Waals surface area contributed by atoms with E-state index in [1.807, 2.05) is 24.0 Å². The summed E-state index contributed by atoms with van der Waals surface area (Å²) in [5.41, 5.74) is 5.81. The van der Waals surface area contributed by atoms with Crippen molar-refractivity contribution in [3.63, 3.8) is 0 Å². The number of aromatic amines is 1. The van der Waals surface area contributed by atoms with Gasteiger partial charge in [-0.25, -0.2) is 0 Å². The highest BCUT2D eigenvalue weighted by molar-refractivity contribution is 6.00. The van der Waals surface area contributed by atoms with Gasteiger partial charge in [-0.3, -0.25) is 19.6 Å². The molecule has 2 aromatic carbocycles. The molecule has 206 valence electrons. The lowest BCUT2D eigenvalue weighted by atomic mass is 9.79. The van der Waals surface area contributed by atoms with Crippen molar-refractivity contribution < 1.29 is 9.59 Å². The van der Waals surface area contributed by atoms with E-state index < -0.39 is 11.6 Å². The van der Waals surface area contributed by atoms with E-state index in [4.69, 9.17) is 0 Å². The van der Waals surface area contributed by atoms with E-state index in [2.05, 4.69) is 90.6 Å². The first-order valence-electron chi connectivity index (χ1n) is 14.2. The molecule has 39 heavy (non-hydrogen) atoms. The van der Waals surface area contributed by atoms with Gasteiger partial charge < -0.3 is 10.2 Å². The van der Waals surface area contributed by atoms with Crippen LogP contribution in [0.5, 0.6) is 0 Å². The van der Waals surface area contributed by atoms with Crippen LogP contribution in [-0.2, 0) is 16.1 Å². The fourth-order valence-corrected chi connectivity index (χ4v) is 6.54. The van der Waals surface area contributed by atoms with E-state index in [-0.39, 0.29) is 17.9 Å². The van der Waals surface area contributed by atoms with E-state index in [1.54, 1.807) is 0 Å². The van der Waals surface area contributed by atoms with Gasteiger partial charge >= 0.3 is 0 Å². The molecule has 7 heteroatoms. The molecule has 1 aromatic heterocycles. The molecule has 3 aromatic rings. The number of piperazine rings is 1. The number of amides is 2. The van der Waals surface area contributed by atoms with Crippen molar-refractivity contribution in [3.8, 4) is 0 Å². The summed E-state index contributed by atoms with van der Waals surface area (Å²) in [5, 5.41) is 10.8. The van der Waals surface area contributed by atoms with Crippen molar-refractivity contribution in [2.45, 2.75) is 78.0 Å². The topological polar surface area (TPSA) is 81.3 Å². The van der Waals surface area contributed by atoms with E-state index in [1.165, 1.54) is 11.1 Å². The monoisotopic (exact) mass is 527 g/mol. The number of hydrogen-bond donors (Lipinski definition) is 2. The number of nitrogens with zero attached hydrogens (tertiary/aromatic N) is 3. The van der Waals surface area contributed by atoms with Gasteiger partial charge in [-0.15, -0.1) is 0 Å². The molecule has 1 spiro atoms. The van der Waals surface area contributed by atoms with Crippen LogP contribution in [-0.4, -0.2) is 56.5 Å². The van der Waals surface area contributed by atoms with Crippen LogP contribution in [0.1, 0.15) is 72.8 Å². The Labute approximate surface area is 232 Å². The van der Waals surface area contributed by atoms with Gasteiger partial charge in [0.15, 0.2) is 0 Å². The Bertz CT molecular complexity index is 1300. The van der Waals surface area contributed by atoms with Crippen LogP contribution >= 0.6 is 0 Å². The van der Waals surface area contributed by atoms with Crippen LogP contribution in [0.15, 0.2) is 54.6 Å². The number of hydrogen-bond acceptors (Lipinski definition) is 4. The van der Waals surface area contributed by atoms with Crippen molar-refractivity contribution >= 4 is 11.8 Å². The van der Waals surface area contributed by atoms with Crippen LogP contribution in [0.25, 0.3) is 0 Å². The third-order valence-corrected chi connectivity index (χ3v) is 8.50. The second-order valence-corrected chi connectivity index (χ2v) is 11.8. The first kappa shape index (κ1) is 27.1. The van der Waals surface area contributed by atoms with Gasteiger partial charge in [-0.05, 0) is 57.1 Å². The van der Waals surface area contributed by atoms with Gasteiger partial charge in [0.05, 0.1) is 11.7 Å². The van der Waals surface area contributed by atoms with Crippen LogP contribution in [0.4, 0.5) is 0 Å². The minimum absolute atomic E-state index is 0.00742. The molecular weight excluding hydrogens is 486 g/mol. The molecule has 2 saturated heterocycles. The summed E-state index contributed by atoms with van der Waals surface area (Å²) in [7, 11) is 0. The lowest BCUT2D eigenvalue weighted by molar-refractivity contribution is -0.163. The number of carbonyl (C=O) groups is 2. The molecule has 7 nitrogen and oxygen atoms in total. The predicted molar refractivity (Wildman–Crippen MR) is 153 cm³/mol. The first-order valence-corrected chi connectivity index (χ1v) is 14.2. The highest BCUT2D eigenvalue weighted by Crippen LogP contribution is 2.40. The Kier molecular flexibility index (Phi) is 7.63. The van der Waals surface area contributed by atoms with Crippen molar-refractivity contribution in [1.29, 1.82) is 0 Å². The number of carbonyl (C=O) groups excluding carboxylic acids is 2. The highest BCUT2D eigenvalue weighted by Gasteiger charge is 2.54. The summed E-state index contributed by atoms with van der Waals surface area (Å²) in [6.07, 6.45) is 1.82. The maximum atomic E-state index is 14.0. The Morgan fingerprint density at radius 2 is 1.72 bits per heavy atom. The molecule has 2 aliphatic heterocycles. The number of rotatable bonds is 7. The summed E-state index contributed by atoms with van der Waals surface area (Å²) >= 11 is 0. The smallest absolute Gasteiger partial charge is 0.246 e. The Balaban J connectivity index is 1.47. The molecule has 5 rings (SSSR count). The lowest BCUT2D eigenvalue weighted by Gasteiger charge is -2.52. The summed E-state index contributed by atoms with van der Waals surface area (Å²) in [5.74, 6) is 0.343. The van der Waals surface area contributed by atoms with E-state index in [9.17, 15) is 9.59 Å². The molecule has 2 fully saturated rings. The largest absolute Gasteiger partial charge is 0.342 e. The number of aromatic nitrogens is 2. The van der Waals surface area contributed by atoms with Gasteiger partial charge in [0.25, 0.3) is 0 Å². The SMILES string of the molecule is Cc1cccc(CN2C(=O)C(CC(C)C)NC(=O)C23CCN(C(c2ccccc2)c2c(C)n[nH]c2C)CC3)c1. The molecule has 2 atom stereocenters. The number of piperidine rings is 1. The van der Waals surface area contributed by atoms with Crippen LogP contribution in [0.2, 0.25) is 0 Å². The third-order valence-electron chi connectivity index (χ3n) is 8.50. The molecular formula is C32H41N5O2. The van der Waals surface area contributed by atoms with Crippen molar-refractivity contribution in [3.05, 3.63) is 88.2 Å². The molecule has 0 aliphatic carbocycles. The van der Waals surface area contributed by atoms with Gasteiger partial charge in [0, 0.05) is 30.9 Å². The third kappa shape index (κ3) is 5.24. The minimum atomic E-state index is -0.855. The molecule has 2 unspecified atom stereocenters. The van der Waals surface area contributed by atoms with Crippen LogP contribution < -0.4 is 5.32 Å². The zero-order valence-electron chi connectivity index (χ0n) is 23.8. The number of H-pyrrole nitrogens is 1. The van der Waals surface area contributed by atoms with E-state index >= 15 is 0 Å². The summed E-state index contributed by atoms with van der Waals surface area (Å²) < 4.78 is 0. The Morgan fingerprint density at radius 3 is 2.33 bits per heavy atom. The molecule has 0 bridgehead atoms. The van der Waals surface area contributed by atoms with Crippen LogP contribution in [0.3, 0.4) is 0 Å². The first-order chi connectivity index (χ1) is 18.7. The number of aryl methyl sites for hydroxylation is 3. The molecule has 0 saturated carbocycles. The zero-order chi connectivity index (χ0) is 27.7. The number of nitrogens with one attached hydrogen (secondary N) is 2. The average Bonchev–Trinajstić information content (AvgIpc) is 3.24. The second-order valence-electron chi connectivity index (χ2n) is 11.8. The highest BCUT2D eigenvalue weighted by atomic mass is 16.2. The fraction of sp³-hybridized carbons (Fsp3) is 0.469. The van der Waals surface area contributed by atoms with Crippen molar-refractivity contribution in [1.82, 2.24) is 25.3 Å². The molecule has 0 radical (unpaired) electrons. The predicted octanol–water partition coefficient (Wildman–Crippen LogP) is 4.83. The second kappa shape index (κ2) is 11.0. The molecule has 2 aliphatic rings. The zero-order valence-corrected chi connectivity index (χ0v) is 23.8. The quantitative estimate of drug-likeness (QED) is 0.461. The van der Waals surface area contributed by atoms with Gasteiger partial charge in [-0.1, -0.05) is 74.0 Å². The summed E-state index contributed by atoms with van der Waals surface area (Å²) in [4.78, 5) is 32.3. The van der Waals surface area contributed by atoms with E-state index in [0.29, 0.717) is 44.8 Å². The molecule has 3 heterocycles. The lowest BCUT2D eigenvalue weighted by Crippen LogP contribution is -2.72. The average molecular weight is 528 g/mol. The van der Waals surface area contributed by atoms with Gasteiger partial charge in [0.1, 0.15) is 11.6 Å². The summed E-state index contributed by atoms with van der Waals surface area (Å²) in [6, 6.07) is 18.3. The maximum absolute atomic E-state index is 14.0. The normalized spacial score (nSPS) is 20.5. The Hall–Kier alpha value is -3.45. The maximum Gasteiger partial charge on any atom is 0.246 e. The fourth-order valence-electron chi connectivity index (χ4n) is 6.54. The van der Waals surface area contributed by atoms with Crippen LogP contribution in [0, 0.1) is 26.7 Å². The van der Waals surface area contributed by atoms with Crippen molar-refractivity contribution in [2.75, 3.05) is 13.1 Å². The van der Waals surface area contributed by atoms with Gasteiger partial charge in [0.2, 0.25) is 11.8 Å². The number of benzene rings is 2. The summed E-state index contributed by atoms with van der Waals surface area (Å²) in [6.45, 7) is 12.2. The Morgan fingerprint density at radius 1 is 1.00 bits per heavy atom. The minimum Gasteiger partial charge on any atom is -0.342 e.